The van der Waals surface area contributed by atoms with Crippen molar-refractivity contribution in [2.75, 3.05) is 0 Å². The van der Waals surface area contributed by atoms with Gasteiger partial charge in [0.05, 0.1) is 6.42 Å². The van der Waals surface area contributed by atoms with Gasteiger partial charge in [-0.3, -0.25) is 0 Å². The highest BCUT2D eigenvalue weighted by Crippen LogP contribution is 2.32. The van der Waals surface area contributed by atoms with Gasteiger partial charge in [-0.05, 0) is 6.42 Å². The summed E-state index contributed by atoms with van der Waals surface area (Å²) in [4.78, 5) is 10.5. The van der Waals surface area contributed by atoms with Crippen LogP contribution >= 0.6 is 0 Å². The molecule has 0 saturated carbocycles. The highest BCUT2D eigenvalue weighted by Gasteiger charge is 2.50. The van der Waals surface area contributed by atoms with E-state index in [1.165, 1.54) is 0 Å². The van der Waals surface area contributed by atoms with E-state index in [1.54, 1.807) is 0 Å². The van der Waals surface area contributed by atoms with Gasteiger partial charge < -0.3 is 4.74 Å². The molecule has 1 heterocycles. The molecule has 4 heteroatoms. The molecular formula is C8H12F2O2. The fourth-order valence-electron chi connectivity index (χ4n) is 1.24. The molecule has 70 valence electrons. The standard InChI is InChI=1S/C8H12F2O2/c1-2-3-4-6-5-8(9,10)7(11)12-6/h6H,2-5H2,1H3. The molecule has 0 amide bonds. The van der Waals surface area contributed by atoms with Crippen LogP contribution < -0.4 is 0 Å². The molecular weight excluding hydrogens is 166 g/mol. The number of hydrogen-bond acceptors (Lipinski definition) is 2. The van der Waals surface area contributed by atoms with Gasteiger partial charge in [0.2, 0.25) is 0 Å². The summed E-state index contributed by atoms with van der Waals surface area (Å²) in [5.74, 6) is -4.60. The van der Waals surface area contributed by atoms with Gasteiger partial charge in [-0.1, -0.05) is 19.8 Å². The molecule has 1 rings (SSSR count). The molecule has 1 atom stereocenters. The quantitative estimate of drug-likeness (QED) is 0.619. The fraction of sp³-hybridized carbons (Fsp3) is 0.875. The summed E-state index contributed by atoms with van der Waals surface area (Å²) in [6.45, 7) is 1.97. The topological polar surface area (TPSA) is 26.3 Å². The maximum Gasteiger partial charge on any atom is 0.377 e. The summed E-state index contributed by atoms with van der Waals surface area (Å²) < 4.78 is 29.6. The predicted molar refractivity (Wildman–Crippen MR) is 39.0 cm³/mol. The van der Waals surface area contributed by atoms with E-state index in [4.69, 9.17) is 0 Å². The van der Waals surface area contributed by atoms with Crippen molar-refractivity contribution in [1.82, 2.24) is 0 Å². The molecule has 1 fully saturated rings. The Hall–Kier alpha value is -0.670. The van der Waals surface area contributed by atoms with Gasteiger partial charge in [-0.25, -0.2) is 4.79 Å². The molecule has 0 aromatic carbocycles. The molecule has 1 aliphatic rings. The predicted octanol–water partition coefficient (Wildman–Crippen LogP) is 2.13. The highest BCUT2D eigenvalue weighted by molar-refractivity contribution is 5.79. The van der Waals surface area contributed by atoms with Crippen LogP contribution in [0.15, 0.2) is 0 Å². The zero-order valence-electron chi connectivity index (χ0n) is 6.98. The molecule has 0 spiro atoms. The van der Waals surface area contributed by atoms with Gasteiger partial charge in [-0.2, -0.15) is 8.78 Å². The van der Waals surface area contributed by atoms with Crippen molar-refractivity contribution in [3.05, 3.63) is 0 Å². The number of hydrogen-bond donors (Lipinski definition) is 0. The van der Waals surface area contributed by atoms with E-state index in [0.717, 1.165) is 12.8 Å². The van der Waals surface area contributed by atoms with E-state index in [-0.39, 0.29) is 0 Å². The van der Waals surface area contributed by atoms with Crippen LogP contribution in [0, 0.1) is 0 Å². The Kier molecular flexibility index (Phi) is 2.65. The number of alkyl halides is 2. The number of carbonyl (C=O) groups is 1. The summed E-state index contributed by atoms with van der Waals surface area (Å²) >= 11 is 0. The van der Waals surface area contributed by atoms with E-state index in [2.05, 4.69) is 4.74 Å². The molecule has 1 saturated heterocycles. The number of cyclic esters (lactones) is 1. The number of carbonyl (C=O) groups excluding carboxylic acids is 1. The second-order valence-electron chi connectivity index (χ2n) is 3.08. The van der Waals surface area contributed by atoms with Gasteiger partial charge in [0.15, 0.2) is 0 Å². The third-order valence-corrected chi connectivity index (χ3v) is 1.94. The summed E-state index contributed by atoms with van der Waals surface area (Å²) in [7, 11) is 0. The maximum absolute atomic E-state index is 12.5. The van der Waals surface area contributed by atoms with E-state index in [1.807, 2.05) is 6.92 Å². The summed E-state index contributed by atoms with van der Waals surface area (Å²) in [5.41, 5.74) is 0. The molecule has 0 bridgehead atoms. The lowest BCUT2D eigenvalue weighted by molar-refractivity contribution is -0.159. The van der Waals surface area contributed by atoms with Crippen molar-refractivity contribution in [3.8, 4) is 0 Å². The van der Waals surface area contributed by atoms with Gasteiger partial charge in [0, 0.05) is 0 Å². The third-order valence-electron chi connectivity index (χ3n) is 1.94. The van der Waals surface area contributed by atoms with Crippen molar-refractivity contribution >= 4 is 5.97 Å². The molecule has 12 heavy (non-hydrogen) atoms. The van der Waals surface area contributed by atoms with Crippen LogP contribution in [-0.4, -0.2) is 18.0 Å². The van der Waals surface area contributed by atoms with E-state index in [0.29, 0.717) is 6.42 Å². The maximum atomic E-state index is 12.5. The Morgan fingerprint density at radius 2 is 2.33 bits per heavy atom. The zero-order chi connectivity index (χ0) is 9.19. The Morgan fingerprint density at radius 1 is 1.67 bits per heavy atom. The van der Waals surface area contributed by atoms with Crippen molar-refractivity contribution in [1.29, 1.82) is 0 Å². The Balaban J connectivity index is 2.39. The molecule has 1 aliphatic heterocycles. The smallest absolute Gasteiger partial charge is 0.377 e. The van der Waals surface area contributed by atoms with Crippen LogP contribution in [0.1, 0.15) is 32.6 Å². The number of halogens is 2. The first-order valence-electron chi connectivity index (χ1n) is 4.15. The van der Waals surface area contributed by atoms with E-state index in [9.17, 15) is 13.6 Å². The highest BCUT2D eigenvalue weighted by atomic mass is 19.3. The SMILES string of the molecule is CCCCC1CC(F)(F)C(=O)O1. The number of ether oxygens (including phenoxy) is 1. The van der Waals surface area contributed by atoms with Gasteiger partial charge in [-0.15, -0.1) is 0 Å². The lowest BCUT2D eigenvalue weighted by atomic mass is 10.1. The fourth-order valence-corrected chi connectivity index (χ4v) is 1.24. The first-order valence-corrected chi connectivity index (χ1v) is 4.15. The van der Waals surface area contributed by atoms with E-state index < -0.39 is 24.4 Å². The van der Waals surface area contributed by atoms with Gasteiger partial charge >= 0.3 is 11.9 Å². The number of esters is 1. The minimum absolute atomic E-state index is 0.439. The molecule has 0 radical (unpaired) electrons. The number of rotatable bonds is 3. The molecule has 0 N–H and O–H groups in total. The van der Waals surface area contributed by atoms with Crippen LogP contribution in [0.5, 0.6) is 0 Å². The van der Waals surface area contributed by atoms with Crippen LogP contribution in [0.4, 0.5) is 8.78 Å². The van der Waals surface area contributed by atoms with Crippen molar-refractivity contribution < 1.29 is 18.3 Å². The molecule has 0 aliphatic carbocycles. The lowest BCUT2D eigenvalue weighted by Gasteiger charge is -2.05. The van der Waals surface area contributed by atoms with E-state index >= 15 is 0 Å². The number of unbranched alkanes of at least 4 members (excludes halogenated alkanes) is 1. The van der Waals surface area contributed by atoms with Crippen LogP contribution in [-0.2, 0) is 9.53 Å². The summed E-state index contributed by atoms with van der Waals surface area (Å²) in [5, 5.41) is 0. The molecule has 2 nitrogen and oxygen atoms in total. The first-order chi connectivity index (χ1) is 5.56. The van der Waals surface area contributed by atoms with Crippen LogP contribution in [0.3, 0.4) is 0 Å². The van der Waals surface area contributed by atoms with Gasteiger partial charge in [0.1, 0.15) is 6.10 Å². The minimum atomic E-state index is -3.24. The molecule has 0 aromatic heterocycles. The average Bonchev–Trinajstić information content (AvgIpc) is 2.22. The Morgan fingerprint density at radius 3 is 2.75 bits per heavy atom. The Labute approximate surface area is 69.9 Å². The minimum Gasteiger partial charge on any atom is -0.458 e. The van der Waals surface area contributed by atoms with Gasteiger partial charge in [0.25, 0.3) is 0 Å². The van der Waals surface area contributed by atoms with Crippen molar-refractivity contribution in [2.45, 2.75) is 44.6 Å². The summed E-state index contributed by atoms with van der Waals surface area (Å²) in [6, 6.07) is 0. The second-order valence-corrected chi connectivity index (χ2v) is 3.08. The zero-order valence-corrected chi connectivity index (χ0v) is 6.98. The molecule has 1 unspecified atom stereocenters. The van der Waals surface area contributed by atoms with Crippen molar-refractivity contribution in [2.24, 2.45) is 0 Å². The first kappa shape index (κ1) is 9.42. The third kappa shape index (κ3) is 1.93. The largest absolute Gasteiger partial charge is 0.458 e. The average molecular weight is 178 g/mol. The normalized spacial score (nSPS) is 27.2. The monoisotopic (exact) mass is 178 g/mol. The molecule has 0 aromatic rings. The second kappa shape index (κ2) is 3.37. The van der Waals surface area contributed by atoms with Crippen molar-refractivity contribution in [3.63, 3.8) is 0 Å². The van der Waals surface area contributed by atoms with Crippen LogP contribution in [0.25, 0.3) is 0 Å². The Bertz CT molecular complexity index is 180. The summed E-state index contributed by atoms with van der Waals surface area (Å²) in [6.07, 6.45) is 1.31. The van der Waals surface area contributed by atoms with Crippen LogP contribution in [0.2, 0.25) is 0 Å². The lowest BCUT2D eigenvalue weighted by Crippen LogP contribution is -2.21.